The van der Waals surface area contributed by atoms with Gasteiger partial charge in [-0.2, -0.15) is 0 Å². The lowest BCUT2D eigenvalue weighted by Crippen LogP contribution is -2.30. The first kappa shape index (κ1) is 14.7. The van der Waals surface area contributed by atoms with Gasteiger partial charge in [-0.1, -0.05) is 35.5 Å². The van der Waals surface area contributed by atoms with E-state index in [-0.39, 0.29) is 17.9 Å². The third-order valence-corrected chi connectivity index (χ3v) is 4.14. The maximum atomic E-state index is 12.4. The van der Waals surface area contributed by atoms with Gasteiger partial charge in [0.05, 0.1) is 18.8 Å². The van der Waals surface area contributed by atoms with Crippen molar-refractivity contribution in [1.82, 2.24) is 19.9 Å². The van der Waals surface area contributed by atoms with E-state index in [1.54, 1.807) is 22.7 Å². The minimum Gasteiger partial charge on any atom is -0.393 e. The molecule has 3 rings (SSSR count). The first-order valence-corrected chi connectivity index (χ1v) is 7.55. The van der Waals surface area contributed by atoms with Crippen molar-refractivity contribution in [3.8, 4) is 0 Å². The number of aromatic nitrogens is 3. The highest BCUT2D eigenvalue weighted by Crippen LogP contribution is 2.21. The number of carbonyl (C=O) groups excluding carboxylic acids is 1. The Morgan fingerprint density at radius 2 is 2.18 bits per heavy atom. The average Bonchev–Trinajstić information content (AvgIpc) is 3.17. The number of benzene rings is 1. The van der Waals surface area contributed by atoms with Crippen LogP contribution in [0.25, 0.3) is 0 Å². The molecule has 0 saturated carbocycles. The van der Waals surface area contributed by atoms with Crippen LogP contribution in [0.4, 0.5) is 0 Å². The van der Waals surface area contributed by atoms with Crippen molar-refractivity contribution in [2.75, 3.05) is 13.1 Å². The van der Waals surface area contributed by atoms with Gasteiger partial charge in [0, 0.05) is 19.0 Å². The van der Waals surface area contributed by atoms with Crippen molar-refractivity contribution in [2.45, 2.75) is 26.0 Å². The molecule has 1 aromatic carbocycles. The van der Waals surface area contributed by atoms with Crippen LogP contribution < -0.4 is 0 Å². The number of likely N-dealkylation sites (tertiary alicyclic amines) is 1. The van der Waals surface area contributed by atoms with E-state index in [9.17, 15) is 9.90 Å². The molecule has 116 valence electrons. The molecule has 1 N–H and O–H groups in total. The lowest BCUT2D eigenvalue weighted by molar-refractivity contribution is 0.0756. The van der Waals surface area contributed by atoms with E-state index in [2.05, 4.69) is 10.3 Å². The minimum absolute atomic E-state index is 0.109. The number of carbonyl (C=O) groups is 1. The maximum absolute atomic E-state index is 12.4. The Bertz CT molecular complexity index is 639. The summed E-state index contributed by atoms with van der Waals surface area (Å²) < 4.78 is 1.67. The van der Waals surface area contributed by atoms with E-state index in [1.807, 2.05) is 30.3 Å². The first-order chi connectivity index (χ1) is 10.6. The van der Waals surface area contributed by atoms with Gasteiger partial charge in [0.1, 0.15) is 0 Å². The summed E-state index contributed by atoms with van der Waals surface area (Å²) >= 11 is 0. The molecule has 1 amide bonds. The number of hydrogen-bond acceptors (Lipinski definition) is 4. The van der Waals surface area contributed by atoms with Crippen LogP contribution in [0.2, 0.25) is 0 Å². The molecular weight excluding hydrogens is 280 g/mol. The predicted molar refractivity (Wildman–Crippen MR) is 81.3 cm³/mol. The summed E-state index contributed by atoms with van der Waals surface area (Å²) in [7, 11) is 0. The molecule has 2 aromatic rings. The lowest BCUT2D eigenvalue weighted by Gasteiger charge is -2.16. The number of rotatable bonds is 4. The number of aliphatic hydroxyl groups excluding tert-OH is 1. The highest BCUT2D eigenvalue weighted by Gasteiger charge is 2.30. The fraction of sp³-hybridized carbons (Fsp3) is 0.438. The van der Waals surface area contributed by atoms with Crippen molar-refractivity contribution in [2.24, 2.45) is 5.92 Å². The van der Waals surface area contributed by atoms with Gasteiger partial charge < -0.3 is 10.0 Å². The van der Waals surface area contributed by atoms with Crippen molar-refractivity contribution in [1.29, 1.82) is 0 Å². The van der Waals surface area contributed by atoms with Gasteiger partial charge in [0.15, 0.2) is 5.69 Å². The quantitative estimate of drug-likeness (QED) is 0.920. The topological polar surface area (TPSA) is 71.2 Å². The zero-order valence-electron chi connectivity index (χ0n) is 12.6. The van der Waals surface area contributed by atoms with Gasteiger partial charge in [-0.3, -0.25) is 4.79 Å². The molecule has 0 spiro atoms. The van der Waals surface area contributed by atoms with Crippen LogP contribution in [-0.2, 0) is 6.54 Å². The molecule has 0 radical (unpaired) electrons. The van der Waals surface area contributed by atoms with Gasteiger partial charge >= 0.3 is 0 Å². The molecule has 2 heterocycles. The molecule has 6 nitrogen and oxygen atoms in total. The van der Waals surface area contributed by atoms with Crippen LogP contribution in [-0.4, -0.2) is 50.1 Å². The molecule has 1 saturated heterocycles. The number of amides is 1. The Hall–Kier alpha value is -2.21. The summed E-state index contributed by atoms with van der Waals surface area (Å²) in [4.78, 5) is 14.2. The van der Waals surface area contributed by atoms with E-state index in [4.69, 9.17) is 0 Å². The van der Waals surface area contributed by atoms with Crippen LogP contribution in [0, 0.1) is 5.92 Å². The Morgan fingerprint density at radius 3 is 2.86 bits per heavy atom. The Labute approximate surface area is 129 Å². The normalized spacial score (nSPS) is 19.4. The molecule has 6 heteroatoms. The minimum atomic E-state index is -0.383. The molecule has 1 aromatic heterocycles. The van der Waals surface area contributed by atoms with Crippen LogP contribution in [0.5, 0.6) is 0 Å². The molecule has 2 atom stereocenters. The number of nitrogens with zero attached hydrogens (tertiary/aromatic N) is 4. The van der Waals surface area contributed by atoms with Crippen molar-refractivity contribution < 1.29 is 9.90 Å². The SMILES string of the molecule is CC(O)C1CCN(C(=O)c2cn(Cc3ccccc3)nn2)C1. The van der Waals surface area contributed by atoms with Gasteiger partial charge in [-0.05, 0) is 18.9 Å². The van der Waals surface area contributed by atoms with E-state index in [0.29, 0.717) is 25.3 Å². The zero-order chi connectivity index (χ0) is 15.5. The van der Waals surface area contributed by atoms with Gasteiger partial charge in [0.2, 0.25) is 0 Å². The second-order valence-corrected chi connectivity index (χ2v) is 5.83. The van der Waals surface area contributed by atoms with E-state index >= 15 is 0 Å². The highest BCUT2D eigenvalue weighted by molar-refractivity contribution is 5.92. The van der Waals surface area contributed by atoms with Crippen LogP contribution in [0.1, 0.15) is 29.4 Å². The zero-order valence-corrected chi connectivity index (χ0v) is 12.6. The standard InChI is InChI=1S/C16H20N4O2/c1-12(21)14-7-8-19(10-14)16(22)15-11-20(18-17-15)9-13-5-3-2-4-6-13/h2-6,11-12,14,21H,7-10H2,1H3. The summed E-state index contributed by atoms with van der Waals surface area (Å²) in [5, 5.41) is 17.6. The maximum Gasteiger partial charge on any atom is 0.276 e. The molecule has 0 aliphatic carbocycles. The average molecular weight is 300 g/mol. The second kappa shape index (κ2) is 6.27. The Balaban J connectivity index is 1.65. The van der Waals surface area contributed by atoms with Gasteiger partial charge in [-0.25, -0.2) is 4.68 Å². The van der Waals surface area contributed by atoms with Crippen molar-refractivity contribution in [3.63, 3.8) is 0 Å². The molecule has 1 aliphatic rings. The summed E-state index contributed by atoms with van der Waals surface area (Å²) in [6.07, 6.45) is 2.14. The monoisotopic (exact) mass is 300 g/mol. The second-order valence-electron chi connectivity index (χ2n) is 5.83. The van der Waals surface area contributed by atoms with Crippen LogP contribution in [0.15, 0.2) is 36.5 Å². The Morgan fingerprint density at radius 1 is 1.41 bits per heavy atom. The highest BCUT2D eigenvalue weighted by atomic mass is 16.3. The molecule has 1 aliphatic heterocycles. The fourth-order valence-electron chi connectivity index (χ4n) is 2.77. The summed E-state index contributed by atoms with van der Waals surface area (Å²) in [5.41, 5.74) is 1.48. The summed E-state index contributed by atoms with van der Waals surface area (Å²) in [6.45, 7) is 3.62. The number of aliphatic hydroxyl groups is 1. The van der Waals surface area contributed by atoms with Crippen molar-refractivity contribution >= 4 is 5.91 Å². The first-order valence-electron chi connectivity index (χ1n) is 7.55. The molecule has 1 fully saturated rings. The Kier molecular flexibility index (Phi) is 4.20. The third kappa shape index (κ3) is 3.17. The molecular formula is C16H20N4O2. The van der Waals surface area contributed by atoms with E-state index < -0.39 is 0 Å². The smallest absolute Gasteiger partial charge is 0.276 e. The summed E-state index contributed by atoms with van der Waals surface area (Å²) in [5.74, 6) is 0.0470. The van der Waals surface area contributed by atoms with Gasteiger partial charge in [0.25, 0.3) is 5.91 Å². The summed E-state index contributed by atoms with van der Waals surface area (Å²) in [6, 6.07) is 9.93. The largest absolute Gasteiger partial charge is 0.393 e. The van der Waals surface area contributed by atoms with E-state index in [1.165, 1.54) is 0 Å². The molecule has 0 bridgehead atoms. The molecule has 2 unspecified atom stereocenters. The lowest BCUT2D eigenvalue weighted by atomic mass is 10.0. The predicted octanol–water partition coefficient (Wildman–Crippen LogP) is 1.17. The van der Waals surface area contributed by atoms with Gasteiger partial charge in [-0.15, -0.1) is 5.10 Å². The third-order valence-electron chi connectivity index (χ3n) is 4.14. The van der Waals surface area contributed by atoms with Crippen molar-refractivity contribution in [3.05, 3.63) is 47.8 Å². The van der Waals surface area contributed by atoms with E-state index in [0.717, 1.165) is 12.0 Å². The molecule has 22 heavy (non-hydrogen) atoms. The van der Waals surface area contributed by atoms with Crippen LogP contribution >= 0.6 is 0 Å². The number of hydrogen-bond donors (Lipinski definition) is 1. The van der Waals surface area contributed by atoms with Crippen LogP contribution in [0.3, 0.4) is 0 Å². The fourth-order valence-corrected chi connectivity index (χ4v) is 2.77.